The first kappa shape index (κ1) is 17.4. The number of non-ortho nitro benzene ring substituents is 1. The molecule has 1 fully saturated rings. The third-order valence-electron chi connectivity index (χ3n) is 4.51. The van der Waals surface area contributed by atoms with Gasteiger partial charge in [-0.2, -0.15) is 0 Å². The largest absolute Gasteiger partial charge is 0.372 e. The Morgan fingerprint density at radius 3 is 2.96 bits per heavy atom. The Morgan fingerprint density at radius 2 is 2.20 bits per heavy atom. The summed E-state index contributed by atoms with van der Waals surface area (Å²) in [4.78, 5) is 17.3. The van der Waals surface area contributed by atoms with Crippen molar-refractivity contribution >= 4 is 11.9 Å². The van der Waals surface area contributed by atoms with Crippen LogP contribution in [0.2, 0.25) is 0 Å². The van der Waals surface area contributed by atoms with Crippen molar-refractivity contribution in [3.05, 3.63) is 51.8 Å². The molecule has 0 aliphatic carbocycles. The molecule has 1 unspecified atom stereocenters. The molecule has 134 valence electrons. The molecule has 0 spiro atoms. The van der Waals surface area contributed by atoms with Crippen molar-refractivity contribution in [1.82, 2.24) is 15.5 Å². The Kier molecular flexibility index (Phi) is 5.30. The summed E-state index contributed by atoms with van der Waals surface area (Å²) in [6.07, 6.45) is 7.09. The van der Waals surface area contributed by atoms with Crippen LogP contribution < -0.4 is 16.4 Å². The normalized spacial score (nSPS) is 23.2. The van der Waals surface area contributed by atoms with E-state index in [0.29, 0.717) is 5.56 Å². The second-order valence-corrected chi connectivity index (χ2v) is 6.39. The van der Waals surface area contributed by atoms with Gasteiger partial charge in [0.05, 0.1) is 4.92 Å². The van der Waals surface area contributed by atoms with Crippen molar-refractivity contribution in [2.24, 2.45) is 10.7 Å². The van der Waals surface area contributed by atoms with E-state index in [1.54, 1.807) is 18.3 Å². The van der Waals surface area contributed by atoms with Crippen molar-refractivity contribution in [3.8, 4) is 0 Å². The van der Waals surface area contributed by atoms with Crippen LogP contribution in [0, 0.1) is 10.1 Å². The SMILES string of the molecule is NC1(c2cccc([N+](=O)[O-])c2)N=CC=C(NCCCN2CCCC2)N1. The van der Waals surface area contributed by atoms with Gasteiger partial charge < -0.3 is 15.5 Å². The van der Waals surface area contributed by atoms with Crippen LogP contribution in [0.15, 0.2) is 41.2 Å². The number of nitro benzene ring substituents is 1. The van der Waals surface area contributed by atoms with Crippen molar-refractivity contribution in [1.29, 1.82) is 0 Å². The maximum Gasteiger partial charge on any atom is 0.269 e. The van der Waals surface area contributed by atoms with Crippen LogP contribution in [0.25, 0.3) is 0 Å². The highest BCUT2D eigenvalue weighted by atomic mass is 16.6. The fourth-order valence-corrected chi connectivity index (χ4v) is 3.15. The number of nitrogens with zero attached hydrogens (tertiary/aromatic N) is 3. The highest BCUT2D eigenvalue weighted by molar-refractivity contribution is 5.73. The van der Waals surface area contributed by atoms with Crippen LogP contribution in [0.4, 0.5) is 5.69 Å². The molecule has 0 saturated carbocycles. The van der Waals surface area contributed by atoms with Crippen LogP contribution in [-0.2, 0) is 5.79 Å². The summed E-state index contributed by atoms with van der Waals surface area (Å²) in [6, 6.07) is 6.22. The molecule has 8 heteroatoms. The Morgan fingerprint density at radius 1 is 1.40 bits per heavy atom. The van der Waals surface area contributed by atoms with Crippen LogP contribution in [0.3, 0.4) is 0 Å². The molecule has 0 bridgehead atoms. The van der Waals surface area contributed by atoms with Crippen LogP contribution in [0.5, 0.6) is 0 Å². The fraction of sp³-hybridized carbons (Fsp3) is 0.471. The lowest BCUT2D eigenvalue weighted by atomic mass is 10.1. The van der Waals surface area contributed by atoms with Crippen molar-refractivity contribution in [3.63, 3.8) is 0 Å². The van der Waals surface area contributed by atoms with Gasteiger partial charge in [0.2, 0.25) is 5.79 Å². The monoisotopic (exact) mass is 344 g/mol. The summed E-state index contributed by atoms with van der Waals surface area (Å²) >= 11 is 0. The van der Waals surface area contributed by atoms with E-state index >= 15 is 0 Å². The predicted octanol–water partition coefficient (Wildman–Crippen LogP) is 1.25. The van der Waals surface area contributed by atoms with Gasteiger partial charge in [0.15, 0.2) is 0 Å². The van der Waals surface area contributed by atoms with Gasteiger partial charge in [-0.3, -0.25) is 15.8 Å². The summed E-state index contributed by atoms with van der Waals surface area (Å²) in [7, 11) is 0. The number of hydrogen-bond acceptors (Lipinski definition) is 7. The number of nitrogens with one attached hydrogen (secondary N) is 2. The van der Waals surface area contributed by atoms with Gasteiger partial charge >= 0.3 is 0 Å². The average Bonchev–Trinajstić information content (AvgIpc) is 3.12. The standard InChI is InChI=1S/C17H24N6O2/c18-17(14-5-3-6-15(13-14)23(24)25)20-9-7-16(21-17)19-8-4-12-22-10-1-2-11-22/h3,5-7,9,13,19,21H,1-2,4,8,10-12,18H2. The molecule has 25 heavy (non-hydrogen) atoms. The Hall–Kier alpha value is -2.45. The van der Waals surface area contributed by atoms with Crippen molar-refractivity contribution in [2.75, 3.05) is 26.2 Å². The van der Waals surface area contributed by atoms with Gasteiger partial charge in [-0.15, -0.1) is 0 Å². The molecular weight excluding hydrogens is 320 g/mol. The number of hydrogen-bond donors (Lipinski definition) is 3. The maximum absolute atomic E-state index is 11.0. The van der Waals surface area contributed by atoms with E-state index in [1.165, 1.54) is 38.1 Å². The zero-order chi connectivity index (χ0) is 17.7. The molecule has 2 heterocycles. The van der Waals surface area contributed by atoms with Gasteiger partial charge in [0.1, 0.15) is 5.82 Å². The van der Waals surface area contributed by atoms with Gasteiger partial charge in [0, 0.05) is 30.5 Å². The van der Waals surface area contributed by atoms with Gasteiger partial charge in [0.25, 0.3) is 5.69 Å². The molecule has 0 radical (unpaired) electrons. The van der Waals surface area contributed by atoms with Gasteiger partial charge in [-0.25, -0.2) is 4.99 Å². The molecule has 1 saturated heterocycles. The van der Waals surface area contributed by atoms with Gasteiger partial charge in [-0.05, 0) is 45.0 Å². The summed E-state index contributed by atoms with van der Waals surface area (Å²) in [6.45, 7) is 4.32. The maximum atomic E-state index is 11.0. The first-order chi connectivity index (χ1) is 12.1. The minimum absolute atomic E-state index is 0.00556. The third kappa shape index (κ3) is 4.34. The highest BCUT2D eigenvalue weighted by Crippen LogP contribution is 2.23. The van der Waals surface area contributed by atoms with Crippen LogP contribution in [0.1, 0.15) is 24.8 Å². The summed E-state index contributed by atoms with van der Waals surface area (Å²) in [5.41, 5.74) is 6.86. The van der Waals surface area contributed by atoms with E-state index in [4.69, 9.17) is 5.73 Å². The molecule has 0 amide bonds. The molecule has 8 nitrogen and oxygen atoms in total. The number of nitro groups is 1. The highest BCUT2D eigenvalue weighted by Gasteiger charge is 2.29. The zero-order valence-corrected chi connectivity index (χ0v) is 14.1. The molecule has 2 aliphatic rings. The van der Waals surface area contributed by atoms with Crippen LogP contribution >= 0.6 is 0 Å². The molecular formula is C17H24N6O2. The number of likely N-dealkylation sites (tertiary alicyclic amines) is 1. The first-order valence-corrected chi connectivity index (χ1v) is 8.60. The second kappa shape index (κ2) is 7.62. The topological polar surface area (TPSA) is 109 Å². The number of aliphatic imine (C=N–C) groups is 1. The molecule has 0 aromatic heterocycles. The molecule has 1 atom stereocenters. The predicted molar refractivity (Wildman–Crippen MR) is 97.0 cm³/mol. The van der Waals surface area contributed by atoms with E-state index in [0.717, 1.165) is 25.3 Å². The second-order valence-electron chi connectivity index (χ2n) is 6.39. The zero-order valence-electron chi connectivity index (χ0n) is 14.1. The minimum atomic E-state index is -1.21. The van der Waals surface area contributed by atoms with E-state index < -0.39 is 10.7 Å². The molecule has 1 aromatic carbocycles. The number of rotatable bonds is 7. The lowest BCUT2D eigenvalue weighted by Gasteiger charge is -2.31. The summed E-state index contributed by atoms with van der Waals surface area (Å²) < 4.78 is 0. The molecule has 2 aliphatic heterocycles. The van der Waals surface area contributed by atoms with Crippen molar-refractivity contribution < 1.29 is 4.92 Å². The molecule has 3 rings (SSSR count). The van der Waals surface area contributed by atoms with Crippen LogP contribution in [-0.4, -0.2) is 42.2 Å². The molecule has 1 aromatic rings. The van der Waals surface area contributed by atoms with Crippen molar-refractivity contribution in [2.45, 2.75) is 25.0 Å². The smallest absolute Gasteiger partial charge is 0.269 e. The number of nitrogens with two attached hydrogens (primary N) is 1. The minimum Gasteiger partial charge on any atom is -0.372 e. The number of allylic oxidation sites excluding steroid dienone is 1. The molecule has 4 N–H and O–H groups in total. The fourth-order valence-electron chi connectivity index (χ4n) is 3.15. The first-order valence-electron chi connectivity index (χ1n) is 8.60. The van der Waals surface area contributed by atoms with E-state index in [2.05, 4.69) is 20.5 Å². The van der Waals surface area contributed by atoms with E-state index in [1.807, 2.05) is 6.08 Å². The summed E-state index contributed by atoms with van der Waals surface area (Å²) in [5, 5.41) is 17.4. The number of benzene rings is 1. The lowest BCUT2D eigenvalue weighted by molar-refractivity contribution is -0.385. The Labute approximate surface area is 146 Å². The Balaban J connectivity index is 1.56. The lowest BCUT2D eigenvalue weighted by Crippen LogP contribution is -2.52. The average molecular weight is 344 g/mol. The summed E-state index contributed by atoms with van der Waals surface area (Å²) in [5.74, 6) is -0.441. The quantitative estimate of drug-likeness (QED) is 0.390. The van der Waals surface area contributed by atoms with E-state index in [9.17, 15) is 10.1 Å². The van der Waals surface area contributed by atoms with Gasteiger partial charge in [-0.1, -0.05) is 12.1 Å². The van der Waals surface area contributed by atoms with E-state index in [-0.39, 0.29) is 5.69 Å². The Bertz CT molecular complexity index is 683. The third-order valence-corrected chi connectivity index (χ3v) is 4.51.